The van der Waals surface area contributed by atoms with Crippen LogP contribution in [-0.2, 0) is 9.59 Å². The molecule has 0 radical (unpaired) electrons. The first-order valence-corrected chi connectivity index (χ1v) is 7.22. The summed E-state index contributed by atoms with van der Waals surface area (Å²) in [6, 6.07) is 7.22. The monoisotopic (exact) mass is 312 g/mol. The molecular formula is C15H21ClN2O3. The molecule has 21 heavy (non-hydrogen) atoms. The Morgan fingerprint density at radius 2 is 2.05 bits per heavy atom. The van der Waals surface area contributed by atoms with E-state index in [1.807, 2.05) is 25.1 Å². The van der Waals surface area contributed by atoms with Crippen LogP contribution in [0.15, 0.2) is 24.3 Å². The average Bonchev–Trinajstić information content (AvgIpc) is 2.38. The highest BCUT2D eigenvalue weighted by atomic mass is 35.5. The maximum atomic E-state index is 11.9. The molecule has 0 aliphatic rings. The molecule has 1 amide bonds. The van der Waals surface area contributed by atoms with Crippen molar-refractivity contribution in [1.82, 2.24) is 10.2 Å². The molecule has 0 heterocycles. The van der Waals surface area contributed by atoms with Gasteiger partial charge in [0.1, 0.15) is 0 Å². The Labute approximate surface area is 129 Å². The summed E-state index contributed by atoms with van der Waals surface area (Å²) in [6.07, 6.45) is 0.640. The number of carbonyl (C=O) groups is 2. The number of carbonyl (C=O) groups excluding carboxylic acids is 1. The molecule has 0 bridgehead atoms. The number of halogens is 1. The third-order valence-electron chi connectivity index (χ3n) is 3.09. The third kappa shape index (κ3) is 6.60. The van der Waals surface area contributed by atoms with Crippen molar-refractivity contribution < 1.29 is 14.7 Å². The van der Waals surface area contributed by atoms with Gasteiger partial charge in [-0.2, -0.15) is 0 Å². The average molecular weight is 313 g/mol. The molecule has 0 saturated carbocycles. The van der Waals surface area contributed by atoms with E-state index in [4.69, 9.17) is 16.7 Å². The van der Waals surface area contributed by atoms with Gasteiger partial charge in [0.2, 0.25) is 5.91 Å². The highest BCUT2D eigenvalue weighted by Crippen LogP contribution is 2.21. The number of nitrogens with one attached hydrogen (secondary N) is 1. The van der Waals surface area contributed by atoms with Crippen molar-refractivity contribution in [3.05, 3.63) is 34.9 Å². The summed E-state index contributed by atoms with van der Waals surface area (Å²) in [5, 5.41) is 12.1. The fraction of sp³-hybridized carbons (Fsp3) is 0.467. The SMILES string of the molecule is CC(NC(=O)CN(C)CCCC(=O)O)c1ccccc1Cl. The van der Waals surface area contributed by atoms with Crippen molar-refractivity contribution in [3.8, 4) is 0 Å². The number of hydrogen-bond acceptors (Lipinski definition) is 3. The van der Waals surface area contributed by atoms with E-state index in [0.717, 1.165) is 5.56 Å². The van der Waals surface area contributed by atoms with E-state index in [1.165, 1.54) is 0 Å². The van der Waals surface area contributed by atoms with Crippen LogP contribution in [0.5, 0.6) is 0 Å². The number of nitrogens with zero attached hydrogens (tertiary/aromatic N) is 1. The molecule has 116 valence electrons. The standard InChI is InChI=1S/C15H21ClN2O3/c1-11(12-6-3-4-7-13(12)16)17-14(19)10-18(2)9-5-8-15(20)21/h3-4,6-7,11H,5,8-10H2,1-2H3,(H,17,19)(H,20,21). The number of hydrogen-bond donors (Lipinski definition) is 2. The van der Waals surface area contributed by atoms with E-state index < -0.39 is 5.97 Å². The van der Waals surface area contributed by atoms with Crippen molar-refractivity contribution in [2.45, 2.75) is 25.8 Å². The Morgan fingerprint density at radius 1 is 1.38 bits per heavy atom. The van der Waals surface area contributed by atoms with Gasteiger partial charge in [-0.25, -0.2) is 0 Å². The second kappa shape index (κ2) is 8.64. The minimum Gasteiger partial charge on any atom is -0.481 e. The van der Waals surface area contributed by atoms with Gasteiger partial charge in [-0.3, -0.25) is 14.5 Å². The van der Waals surface area contributed by atoms with Gasteiger partial charge in [-0.15, -0.1) is 0 Å². The predicted octanol–water partition coefficient (Wildman–Crippen LogP) is 2.31. The Bertz CT molecular complexity index is 494. The normalized spacial score (nSPS) is 12.2. The molecule has 1 rings (SSSR count). The lowest BCUT2D eigenvalue weighted by Crippen LogP contribution is -2.37. The molecule has 1 aromatic rings. The van der Waals surface area contributed by atoms with Crippen LogP contribution >= 0.6 is 11.6 Å². The van der Waals surface area contributed by atoms with E-state index in [2.05, 4.69) is 5.32 Å². The number of amides is 1. The number of carboxylic acid groups (broad SMARTS) is 1. The predicted molar refractivity (Wildman–Crippen MR) is 82.4 cm³/mol. The molecular weight excluding hydrogens is 292 g/mol. The van der Waals surface area contributed by atoms with Gasteiger partial charge < -0.3 is 10.4 Å². The largest absolute Gasteiger partial charge is 0.481 e. The maximum Gasteiger partial charge on any atom is 0.303 e. The van der Waals surface area contributed by atoms with Gasteiger partial charge in [0.15, 0.2) is 0 Å². The fourth-order valence-corrected chi connectivity index (χ4v) is 2.31. The zero-order chi connectivity index (χ0) is 15.8. The molecule has 0 aliphatic heterocycles. The van der Waals surface area contributed by atoms with E-state index in [-0.39, 0.29) is 24.9 Å². The highest BCUT2D eigenvalue weighted by Gasteiger charge is 2.13. The molecule has 1 atom stereocenters. The first-order valence-electron chi connectivity index (χ1n) is 6.84. The minimum absolute atomic E-state index is 0.111. The van der Waals surface area contributed by atoms with Crippen molar-refractivity contribution in [1.29, 1.82) is 0 Å². The van der Waals surface area contributed by atoms with E-state index in [9.17, 15) is 9.59 Å². The van der Waals surface area contributed by atoms with Crippen LogP contribution < -0.4 is 5.32 Å². The topological polar surface area (TPSA) is 69.6 Å². The molecule has 0 spiro atoms. The lowest BCUT2D eigenvalue weighted by atomic mass is 10.1. The first kappa shape index (κ1) is 17.5. The zero-order valence-electron chi connectivity index (χ0n) is 12.3. The van der Waals surface area contributed by atoms with Crippen LogP contribution in [0.25, 0.3) is 0 Å². The molecule has 6 heteroatoms. The summed E-state index contributed by atoms with van der Waals surface area (Å²) in [7, 11) is 1.79. The van der Waals surface area contributed by atoms with Crippen LogP contribution in [0.1, 0.15) is 31.4 Å². The molecule has 1 unspecified atom stereocenters. The Hall–Kier alpha value is -1.59. The third-order valence-corrected chi connectivity index (χ3v) is 3.44. The lowest BCUT2D eigenvalue weighted by Gasteiger charge is -2.19. The Kier molecular flexibility index (Phi) is 7.19. The summed E-state index contributed by atoms with van der Waals surface area (Å²) in [5.41, 5.74) is 0.876. The van der Waals surface area contributed by atoms with Gasteiger partial charge in [0, 0.05) is 11.4 Å². The van der Waals surface area contributed by atoms with Crippen LogP contribution in [0.2, 0.25) is 5.02 Å². The summed E-state index contributed by atoms with van der Waals surface area (Å²) in [5.74, 6) is -0.930. The maximum absolute atomic E-state index is 11.9. The Morgan fingerprint density at radius 3 is 2.67 bits per heavy atom. The molecule has 2 N–H and O–H groups in total. The van der Waals surface area contributed by atoms with E-state index in [1.54, 1.807) is 18.0 Å². The van der Waals surface area contributed by atoms with Crippen LogP contribution in [0.4, 0.5) is 0 Å². The van der Waals surface area contributed by atoms with Crippen LogP contribution in [0, 0.1) is 0 Å². The number of aliphatic carboxylic acids is 1. The van der Waals surface area contributed by atoms with E-state index >= 15 is 0 Å². The van der Waals surface area contributed by atoms with Crippen LogP contribution in [-0.4, -0.2) is 42.0 Å². The van der Waals surface area contributed by atoms with Crippen molar-refractivity contribution >= 4 is 23.5 Å². The van der Waals surface area contributed by atoms with Crippen molar-refractivity contribution in [2.75, 3.05) is 20.1 Å². The molecule has 1 aromatic carbocycles. The zero-order valence-corrected chi connectivity index (χ0v) is 13.1. The molecule has 0 aromatic heterocycles. The van der Waals surface area contributed by atoms with Gasteiger partial charge in [0.25, 0.3) is 0 Å². The first-order chi connectivity index (χ1) is 9.90. The smallest absolute Gasteiger partial charge is 0.303 e. The van der Waals surface area contributed by atoms with Gasteiger partial charge in [0.05, 0.1) is 12.6 Å². The summed E-state index contributed by atoms with van der Waals surface area (Å²) in [6.45, 7) is 2.68. The second-order valence-corrected chi connectivity index (χ2v) is 5.45. The summed E-state index contributed by atoms with van der Waals surface area (Å²) >= 11 is 6.09. The number of rotatable bonds is 8. The summed E-state index contributed by atoms with van der Waals surface area (Å²) < 4.78 is 0. The molecule has 0 fully saturated rings. The fourth-order valence-electron chi connectivity index (χ4n) is 2.02. The van der Waals surface area contributed by atoms with Gasteiger partial charge >= 0.3 is 5.97 Å². The quantitative estimate of drug-likeness (QED) is 0.773. The number of carboxylic acids is 1. The van der Waals surface area contributed by atoms with Crippen molar-refractivity contribution in [2.24, 2.45) is 0 Å². The van der Waals surface area contributed by atoms with E-state index in [0.29, 0.717) is 18.0 Å². The molecule has 0 aliphatic carbocycles. The minimum atomic E-state index is -0.819. The lowest BCUT2D eigenvalue weighted by molar-refractivity contribution is -0.137. The second-order valence-electron chi connectivity index (χ2n) is 5.05. The summed E-state index contributed by atoms with van der Waals surface area (Å²) in [4.78, 5) is 24.2. The molecule has 0 saturated heterocycles. The molecule has 5 nitrogen and oxygen atoms in total. The number of benzene rings is 1. The van der Waals surface area contributed by atoms with Gasteiger partial charge in [-0.1, -0.05) is 29.8 Å². The number of likely N-dealkylation sites (N-methyl/N-ethyl adjacent to an activating group) is 1. The Balaban J connectivity index is 2.39. The van der Waals surface area contributed by atoms with Crippen LogP contribution in [0.3, 0.4) is 0 Å². The highest BCUT2D eigenvalue weighted by molar-refractivity contribution is 6.31. The van der Waals surface area contributed by atoms with Gasteiger partial charge in [-0.05, 0) is 38.6 Å². The van der Waals surface area contributed by atoms with Crippen molar-refractivity contribution in [3.63, 3.8) is 0 Å².